The number of nitrogens with zero attached hydrogens (tertiary/aromatic N) is 2. The maximum absolute atomic E-state index is 14.6. The predicted molar refractivity (Wildman–Crippen MR) is 145 cm³/mol. The molecule has 0 unspecified atom stereocenters. The number of methoxy groups -OCH3 is 1. The minimum Gasteiger partial charge on any atom is -0.453 e. The molecule has 0 radical (unpaired) electrons. The Morgan fingerprint density at radius 1 is 1.21 bits per heavy atom. The summed E-state index contributed by atoms with van der Waals surface area (Å²) in [6, 6.07) is 8.69. The fraction of sp³-hybridized carbons (Fsp3) is 0.269. The van der Waals surface area contributed by atoms with Gasteiger partial charge < -0.3 is 31.3 Å². The lowest BCUT2D eigenvalue weighted by molar-refractivity contribution is -0.118. The molecule has 0 aliphatic carbocycles. The van der Waals surface area contributed by atoms with E-state index in [1.807, 2.05) is 19.9 Å². The molecule has 3 aromatic rings. The van der Waals surface area contributed by atoms with Gasteiger partial charge in [0.15, 0.2) is 5.82 Å². The summed E-state index contributed by atoms with van der Waals surface area (Å²) in [7, 11) is 2.68. The molecule has 0 saturated carbocycles. The standard InChI is InChI=1S/C26H27ClFN7O4/c1-26(2)11-19(33-25(38)39-4)23(37)32-18-10-13(8-9-15(18)26)31-24-30-12-16(27)21(35-24)34-20-14(22(36)29-3)6-5-7-17(20)28/h5-10,12,19H,11H2,1-4H3,(H,29,36)(H,32,37)(H,33,38)(H2,30,31,34,35)/t19-/m0/s1. The van der Waals surface area contributed by atoms with Crippen LogP contribution in [0.1, 0.15) is 36.2 Å². The van der Waals surface area contributed by atoms with E-state index in [1.165, 1.54) is 38.6 Å². The monoisotopic (exact) mass is 555 g/mol. The maximum atomic E-state index is 14.6. The molecule has 204 valence electrons. The molecule has 0 saturated heterocycles. The van der Waals surface area contributed by atoms with Gasteiger partial charge in [-0.3, -0.25) is 9.59 Å². The Morgan fingerprint density at radius 3 is 2.69 bits per heavy atom. The van der Waals surface area contributed by atoms with E-state index >= 15 is 0 Å². The number of alkyl carbamates (subject to hydrolysis) is 1. The van der Waals surface area contributed by atoms with E-state index < -0.39 is 29.3 Å². The summed E-state index contributed by atoms with van der Waals surface area (Å²) in [5, 5.41) is 13.8. The van der Waals surface area contributed by atoms with Crippen molar-refractivity contribution >= 4 is 58.3 Å². The number of fused-ring (bicyclic) bond motifs is 1. The van der Waals surface area contributed by atoms with Crippen LogP contribution in [0, 0.1) is 5.82 Å². The highest BCUT2D eigenvalue weighted by molar-refractivity contribution is 6.33. The van der Waals surface area contributed by atoms with Gasteiger partial charge in [0.25, 0.3) is 5.91 Å². The summed E-state index contributed by atoms with van der Waals surface area (Å²) in [6.07, 6.45) is 0.996. The number of aromatic nitrogens is 2. The molecule has 3 amide bonds. The average Bonchev–Trinajstić information content (AvgIpc) is 2.99. The van der Waals surface area contributed by atoms with E-state index in [1.54, 1.807) is 12.1 Å². The molecule has 0 spiro atoms. The molecule has 1 aliphatic rings. The minimum absolute atomic E-state index is 0.0744. The molecule has 2 heterocycles. The van der Waals surface area contributed by atoms with Crippen molar-refractivity contribution in [2.75, 3.05) is 30.1 Å². The minimum atomic E-state index is -0.789. The van der Waals surface area contributed by atoms with Gasteiger partial charge in [0.1, 0.15) is 16.9 Å². The Morgan fingerprint density at radius 2 is 1.97 bits per heavy atom. The van der Waals surface area contributed by atoms with Gasteiger partial charge in [0.2, 0.25) is 11.9 Å². The third kappa shape index (κ3) is 6.01. The summed E-state index contributed by atoms with van der Waals surface area (Å²) in [4.78, 5) is 45.3. The zero-order valence-electron chi connectivity index (χ0n) is 21.6. The number of carbonyl (C=O) groups is 3. The lowest BCUT2D eigenvalue weighted by Crippen LogP contribution is -2.45. The number of amides is 3. The van der Waals surface area contributed by atoms with Gasteiger partial charge in [-0.1, -0.05) is 37.6 Å². The van der Waals surface area contributed by atoms with Crippen molar-refractivity contribution in [2.45, 2.75) is 31.7 Å². The van der Waals surface area contributed by atoms with Crippen molar-refractivity contribution in [1.82, 2.24) is 20.6 Å². The molecule has 1 aromatic heterocycles. The lowest BCUT2D eigenvalue weighted by Gasteiger charge is -2.27. The second-order valence-electron chi connectivity index (χ2n) is 9.41. The number of ether oxygens (including phenoxy) is 1. The number of rotatable bonds is 6. The Labute approximate surface area is 228 Å². The van der Waals surface area contributed by atoms with Crippen LogP contribution in [0.25, 0.3) is 0 Å². The zero-order valence-corrected chi connectivity index (χ0v) is 22.4. The molecular weight excluding hydrogens is 529 g/mol. The molecule has 0 fully saturated rings. The van der Waals surface area contributed by atoms with Crippen LogP contribution in [0.15, 0.2) is 42.6 Å². The van der Waals surface area contributed by atoms with E-state index in [9.17, 15) is 18.8 Å². The number of hydrogen-bond donors (Lipinski definition) is 5. The summed E-state index contributed by atoms with van der Waals surface area (Å²) in [5.41, 5.74) is 1.50. The zero-order chi connectivity index (χ0) is 28.3. The van der Waals surface area contributed by atoms with E-state index in [-0.39, 0.29) is 33.9 Å². The number of halogens is 2. The van der Waals surface area contributed by atoms with Crippen molar-refractivity contribution in [3.05, 3.63) is 64.6 Å². The molecule has 39 heavy (non-hydrogen) atoms. The van der Waals surface area contributed by atoms with Gasteiger partial charge in [0.05, 0.1) is 24.6 Å². The van der Waals surface area contributed by atoms with Crippen molar-refractivity contribution in [3.8, 4) is 0 Å². The number of anilines is 5. The Kier molecular flexibility index (Phi) is 7.86. The van der Waals surface area contributed by atoms with E-state index in [4.69, 9.17) is 11.6 Å². The first-order valence-electron chi connectivity index (χ1n) is 11.9. The quantitative estimate of drug-likeness (QED) is 0.299. The van der Waals surface area contributed by atoms with Gasteiger partial charge in [-0.05, 0) is 41.7 Å². The summed E-state index contributed by atoms with van der Waals surface area (Å²) in [6.45, 7) is 3.95. The summed E-state index contributed by atoms with van der Waals surface area (Å²) < 4.78 is 19.3. The highest BCUT2D eigenvalue weighted by Crippen LogP contribution is 2.38. The number of para-hydroxylation sites is 1. The number of nitrogens with one attached hydrogen (secondary N) is 5. The fourth-order valence-corrected chi connectivity index (χ4v) is 4.44. The van der Waals surface area contributed by atoms with Crippen LogP contribution in [-0.2, 0) is 14.9 Å². The molecule has 2 aromatic carbocycles. The van der Waals surface area contributed by atoms with E-state index in [0.29, 0.717) is 17.8 Å². The molecule has 1 atom stereocenters. The molecular formula is C26H27ClFN7O4. The van der Waals surface area contributed by atoms with Gasteiger partial charge >= 0.3 is 6.09 Å². The second-order valence-corrected chi connectivity index (χ2v) is 9.82. The van der Waals surface area contributed by atoms with Crippen molar-refractivity contribution in [3.63, 3.8) is 0 Å². The molecule has 5 N–H and O–H groups in total. The molecule has 0 bridgehead atoms. The van der Waals surface area contributed by atoms with Gasteiger partial charge in [-0.15, -0.1) is 0 Å². The Balaban J connectivity index is 1.60. The topological polar surface area (TPSA) is 146 Å². The number of hydrogen-bond acceptors (Lipinski definition) is 8. The SMILES string of the molecule is CNC(=O)c1cccc(F)c1Nc1nc(Nc2ccc3c(c2)NC(=O)[C@@H](NC(=O)OC)CC3(C)C)ncc1Cl. The van der Waals surface area contributed by atoms with Crippen LogP contribution >= 0.6 is 11.6 Å². The number of benzene rings is 2. The third-order valence-corrected chi connectivity index (χ3v) is 6.52. The van der Waals surface area contributed by atoms with Crippen LogP contribution in [0.4, 0.5) is 38.0 Å². The first-order chi connectivity index (χ1) is 18.5. The molecule has 4 rings (SSSR count). The van der Waals surface area contributed by atoms with Gasteiger partial charge in [0, 0.05) is 18.4 Å². The maximum Gasteiger partial charge on any atom is 0.407 e. The third-order valence-electron chi connectivity index (χ3n) is 6.24. The normalized spacial score (nSPS) is 15.7. The van der Waals surface area contributed by atoms with Crippen LogP contribution in [0.2, 0.25) is 5.02 Å². The van der Waals surface area contributed by atoms with Crippen molar-refractivity contribution in [2.24, 2.45) is 0 Å². The second kappa shape index (κ2) is 11.1. The smallest absolute Gasteiger partial charge is 0.407 e. The van der Waals surface area contributed by atoms with Crippen LogP contribution < -0.4 is 26.6 Å². The van der Waals surface area contributed by atoms with E-state index in [0.717, 1.165) is 5.56 Å². The van der Waals surface area contributed by atoms with Gasteiger partial charge in [-0.2, -0.15) is 4.98 Å². The highest BCUT2D eigenvalue weighted by atomic mass is 35.5. The molecule has 1 aliphatic heterocycles. The first-order valence-corrected chi connectivity index (χ1v) is 12.3. The highest BCUT2D eigenvalue weighted by Gasteiger charge is 2.36. The predicted octanol–water partition coefficient (Wildman–Crippen LogP) is 4.46. The number of carbonyl (C=O) groups excluding carboxylic acids is 3. The molecule has 13 heteroatoms. The van der Waals surface area contributed by atoms with Crippen molar-refractivity contribution < 1.29 is 23.5 Å². The van der Waals surface area contributed by atoms with E-state index in [2.05, 4.69) is 41.3 Å². The Hall–Kier alpha value is -4.45. The first kappa shape index (κ1) is 27.6. The van der Waals surface area contributed by atoms with Gasteiger partial charge in [-0.25, -0.2) is 14.2 Å². The van der Waals surface area contributed by atoms with Crippen LogP contribution in [0.5, 0.6) is 0 Å². The van der Waals surface area contributed by atoms with Crippen LogP contribution in [0.3, 0.4) is 0 Å². The lowest BCUT2D eigenvalue weighted by atomic mass is 9.79. The van der Waals surface area contributed by atoms with Crippen LogP contribution in [-0.4, -0.2) is 48.1 Å². The molecule has 11 nitrogen and oxygen atoms in total. The van der Waals surface area contributed by atoms with Crippen molar-refractivity contribution in [1.29, 1.82) is 0 Å². The summed E-state index contributed by atoms with van der Waals surface area (Å²) >= 11 is 6.26. The Bertz CT molecular complexity index is 1450. The fourth-order valence-electron chi connectivity index (χ4n) is 4.30. The summed E-state index contributed by atoms with van der Waals surface area (Å²) in [5.74, 6) is -1.33. The largest absolute Gasteiger partial charge is 0.453 e. The average molecular weight is 556 g/mol.